The molecule has 0 saturated heterocycles. The zero-order valence-electron chi connectivity index (χ0n) is 12.8. The van der Waals surface area contributed by atoms with Crippen LogP contribution >= 0.6 is 22.9 Å². The van der Waals surface area contributed by atoms with E-state index in [1.54, 1.807) is 11.3 Å². The number of thiophene rings is 1. The van der Waals surface area contributed by atoms with E-state index >= 15 is 0 Å². The average molecular weight is 538 g/mol. The van der Waals surface area contributed by atoms with Gasteiger partial charge in [0.1, 0.15) is 0 Å². The van der Waals surface area contributed by atoms with Crippen LogP contribution in [0.5, 0.6) is 0 Å². The Morgan fingerprint density at radius 3 is 2.28 bits per heavy atom. The zero-order valence-corrected chi connectivity index (χ0v) is 16.8. The number of halogens is 1. The number of rotatable bonds is 1. The van der Waals surface area contributed by atoms with Gasteiger partial charge in [-0.2, -0.15) is 5.10 Å². The normalized spacial score (nSPS) is 11.1. The maximum atomic E-state index is 6.32. The largest absolute Gasteiger partial charge is 0.206 e. The van der Waals surface area contributed by atoms with Crippen molar-refractivity contribution in [3.05, 3.63) is 71.9 Å². The number of hydrogen-bond donors (Lipinski definition) is 0. The summed E-state index contributed by atoms with van der Waals surface area (Å²) in [5.74, 6) is 0. The van der Waals surface area contributed by atoms with Gasteiger partial charge >= 0.3 is 0 Å². The molecular formula is C20H10ClIrN2S-. The van der Waals surface area contributed by atoms with E-state index in [2.05, 4.69) is 52.7 Å². The molecule has 0 fully saturated rings. The summed E-state index contributed by atoms with van der Waals surface area (Å²) in [4.78, 5) is 0.987. The molecule has 0 aliphatic heterocycles. The Morgan fingerprint density at radius 1 is 0.840 bits per heavy atom. The number of benzene rings is 3. The van der Waals surface area contributed by atoms with Gasteiger partial charge in [-0.05, 0) is 31.8 Å². The van der Waals surface area contributed by atoms with Crippen molar-refractivity contribution in [2.24, 2.45) is 0 Å². The van der Waals surface area contributed by atoms with Crippen LogP contribution in [0, 0.1) is 6.07 Å². The van der Waals surface area contributed by atoms with E-state index in [0.717, 1.165) is 37.5 Å². The molecule has 123 valence electrons. The van der Waals surface area contributed by atoms with Crippen LogP contribution in [0.2, 0.25) is 5.15 Å². The van der Waals surface area contributed by atoms with Gasteiger partial charge < -0.3 is 0 Å². The van der Waals surface area contributed by atoms with Crippen molar-refractivity contribution in [2.45, 2.75) is 0 Å². The monoisotopic (exact) mass is 538 g/mol. The second-order valence-corrected chi connectivity index (χ2v) is 7.05. The summed E-state index contributed by atoms with van der Waals surface area (Å²) >= 11 is 7.99. The molecule has 0 N–H and O–H groups in total. The summed E-state index contributed by atoms with van der Waals surface area (Å²) in [7, 11) is 0. The Labute approximate surface area is 166 Å². The fourth-order valence-electron chi connectivity index (χ4n) is 3.00. The van der Waals surface area contributed by atoms with Crippen LogP contribution in [0.3, 0.4) is 0 Å². The quantitative estimate of drug-likeness (QED) is 0.190. The van der Waals surface area contributed by atoms with Gasteiger partial charge in [-0.1, -0.05) is 54.1 Å². The first kappa shape index (κ1) is 16.6. The minimum Gasteiger partial charge on any atom is -0.206 e. The number of hydrogen-bond acceptors (Lipinski definition) is 3. The van der Waals surface area contributed by atoms with Crippen LogP contribution < -0.4 is 0 Å². The Bertz CT molecular complexity index is 1200. The molecule has 0 amide bonds. The summed E-state index contributed by atoms with van der Waals surface area (Å²) in [6, 6.07) is 24.1. The third kappa shape index (κ3) is 2.76. The van der Waals surface area contributed by atoms with Gasteiger partial charge in [0, 0.05) is 31.2 Å². The molecule has 25 heavy (non-hydrogen) atoms. The first-order valence-electron chi connectivity index (χ1n) is 7.55. The molecule has 0 spiro atoms. The van der Waals surface area contributed by atoms with Gasteiger partial charge in [-0.15, -0.1) is 28.7 Å². The molecular weight excluding hydrogens is 528 g/mol. The molecule has 0 aliphatic rings. The summed E-state index contributed by atoms with van der Waals surface area (Å²) in [5.41, 5.74) is 0.835. The molecule has 5 rings (SSSR count). The van der Waals surface area contributed by atoms with Crippen molar-refractivity contribution in [2.75, 3.05) is 0 Å². The minimum absolute atomic E-state index is 0. The van der Waals surface area contributed by atoms with E-state index in [4.69, 9.17) is 11.6 Å². The van der Waals surface area contributed by atoms with Crippen molar-refractivity contribution >= 4 is 54.6 Å². The van der Waals surface area contributed by atoms with Crippen LogP contribution in [0.4, 0.5) is 0 Å². The van der Waals surface area contributed by atoms with Crippen LogP contribution in [0.1, 0.15) is 0 Å². The Morgan fingerprint density at radius 2 is 1.52 bits per heavy atom. The predicted octanol–water partition coefficient (Wildman–Crippen LogP) is 6.12. The van der Waals surface area contributed by atoms with Crippen molar-refractivity contribution < 1.29 is 20.1 Å². The molecule has 1 radical (unpaired) electrons. The van der Waals surface area contributed by atoms with Gasteiger partial charge in [0.2, 0.25) is 0 Å². The van der Waals surface area contributed by atoms with Gasteiger partial charge in [0.25, 0.3) is 0 Å². The first-order chi connectivity index (χ1) is 11.8. The topological polar surface area (TPSA) is 25.8 Å². The molecule has 0 bridgehead atoms. The number of fused-ring (bicyclic) bond motifs is 3. The minimum atomic E-state index is 0. The third-order valence-corrected chi connectivity index (χ3v) is 5.52. The molecule has 3 aromatic carbocycles. The van der Waals surface area contributed by atoms with E-state index in [1.807, 2.05) is 24.3 Å². The summed E-state index contributed by atoms with van der Waals surface area (Å²) in [6.45, 7) is 0. The Hall–Kier alpha value is -1.84. The van der Waals surface area contributed by atoms with Crippen LogP contribution in [0.15, 0.2) is 60.7 Å². The van der Waals surface area contributed by atoms with Crippen molar-refractivity contribution in [1.29, 1.82) is 0 Å². The summed E-state index contributed by atoms with van der Waals surface area (Å²) in [6.07, 6.45) is 0. The third-order valence-electron chi connectivity index (χ3n) is 4.16. The van der Waals surface area contributed by atoms with E-state index in [-0.39, 0.29) is 20.1 Å². The molecule has 2 aromatic heterocycles. The van der Waals surface area contributed by atoms with E-state index in [1.165, 1.54) is 4.70 Å². The molecule has 0 saturated carbocycles. The van der Waals surface area contributed by atoms with Gasteiger partial charge in [-0.3, -0.25) is 0 Å². The van der Waals surface area contributed by atoms with Gasteiger partial charge in [0.15, 0.2) is 5.15 Å². The second-order valence-electron chi connectivity index (χ2n) is 5.64. The smallest absolute Gasteiger partial charge is 0.157 e. The molecule has 5 heteroatoms. The molecule has 2 nitrogen and oxygen atoms in total. The maximum Gasteiger partial charge on any atom is 0.157 e. The summed E-state index contributed by atoms with van der Waals surface area (Å²) < 4.78 is 1.19. The van der Waals surface area contributed by atoms with E-state index < -0.39 is 0 Å². The maximum absolute atomic E-state index is 6.32. The van der Waals surface area contributed by atoms with Gasteiger partial charge in [0.05, 0.1) is 0 Å². The summed E-state index contributed by atoms with van der Waals surface area (Å²) in [5, 5.41) is 14.3. The number of nitrogens with zero attached hydrogens (tertiary/aromatic N) is 2. The van der Waals surface area contributed by atoms with Gasteiger partial charge in [-0.25, -0.2) is 11.3 Å². The van der Waals surface area contributed by atoms with E-state index in [9.17, 15) is 0 Å². The predicted molar refractivity (Wildman–Crippen MR) is 102 cm³/mol. The SMILES string of the molecule is Clc1nnc(-c2[c-]c3ccccc3s2)c2cc3ccccc3cc12.[Ir]. The van der Waals surface area contributed by atoms with Crippen LogP contribution in [0.25, 0.3) is 42.2 Å². The first-order valence-corrected chi connectivity index (χ1v) is 8.75. The number of aromatic nitrogens is 2. The average Bonchev–Trinajstić information content (AvgIpc) is 3.04. The molecule has 0 unspecified atom stereocenters. The molecule has 0 atom stereocenters. The van der Waals surface area contributed by atoms with Crippen molar-refractivity contribution in [1.82, 2.24) is 10.2 Å². The van der Waals surface area contributed by atoms with Crippen LogP contribution in [-0.2, 0) is 20.1 Å². The Kier molecular flexibility index (Phi) is 4.30. The fraction of sp³-hybridized carbons (Fsp3) is 0. The fourth-order valence-corrected chi connectivity index (χ4v) is 4.20. The molecule has 2 heterocycles. The Balaban J connectivity index is 0.00000157. The second kappa shape index (κ2) is 6.47. The van der Waals surface area contributed by atoms with Crippen molar-refractivity contribution in [3.63, 3.8) is 0 Å². The molecule has 0 aliphatic carbocycles. The van der Waals surface area contributed by atoms with Crippen LogP contribution in [-0.4, -0.2) is 10.2 Å². The molecule has 5 aromatic rings. The standard InChI is InChI=1S/C20H10ClN2S.Ir/c21-20-16-10-13-6-2-1-5-12(13)9-15(16)19(22-23-20)18-11-14-7-3-4-8-17(14)24-18;/h1-10H;/q-1;. The zero-order chi connectivity index (χ0) is 16.1. The van der Waals surface area contributed by atoms with E-state index in [0.29, 0.717) is 5.15 Å². The van der Waals surface area contributed by atoms with Crippen molar-refractivity contribution in [3.8, 4) is 10.6 Å².